The fourth-order valence-electron chi connectivity index (χ4n) is 4.44. The van der Waals surface area contributed by atoms with Crippen molar-refractivity contribution >= 4 is 17.4 Å². The molecule has 0 amide bonds. The van der Waals surface area contributed by atoms with E-state index in [0.29, 0.717) is 23.4 Å². The molecule has 0 atom stereocenters. The van der Waals surface area contributed by atoms with Crippen molar-refractivity contribution in [3.63, 3.8) is 0 Å². The molecule has 0 saturated carbocycles. The zero-order valence-electron chi connectivity index (χ0n) is 20.3. The van der Waals surface area contributed by atoms with E-state index in [1.54, 1.807) is 10.9 Å². The monoisotopic (exact) mass is 500 g/mol. The Kier molecular flexibility index (Phi) is 7.44. The van der Waals surface area contributed by atoms with Crippen LogP contribution in [0.15, 0.2) is 79.0 Å². The Bertz CT molecular complexity index is 1310. The molecule has 0 radical (unpaired) electrons. The van der Waals surface area contributed by atoms with Gasteiger partial charge in [-0.3, -0.25) is 4.79 Å². The van der Waals surface area contributed by atoms with Crippen molar-refractivity contribution < 1.29 is 9.53 Å². The highest BCUT2D eigenvalue weighted by Gasteiger charge is 2.18. The van der Waals surface area contributed by atoms with E-state index in [4.69, 9.17) is 16.3 Å². The van der Waals surface area contributed by atoms with E-state index in [1.165, 1.54) is 0 Å². The number of piperidine rings is 1. The highest BCUT2D eigenvalue weighted by Crippen LogP contribution is 2.25. The Hall–Kier alpha value is -3.48. The van der Waals surface area contributed by atoms with Crippen LogP contribution in [-0.2, 0) is 13.0 Å². The van der Waals surface area contributed by atoms with Crippen LogP contribution in [0.5, 0.6) is 5.75 Å². The van der Waals surface area contributed by atoms with Crippen LogP contribution in [0.25, 0.3) is 11.1 Å². The molecule has 0 N–H and O–H groups in total. The number of benzene rings is 3. The van der Waals surface area contributed by atoms with Crippen molar-refractivity contribution in [2.24, 2.45) is 0 Å². The number of carbonyl (C=O) groups is 1. The van der Waals surface area contributed by atoms with Gasteiger partial charge < -0.3 is 9.64 Å². The first-order valence-electron chi connectivity index (χ1n) is 12.2. The van der Waals surface area contributed by atoms with Crippen LogP contribution in [0.4, 0.5) is 0 Å². The molecule has 0 spiro atoms. The second-order valence-electron chi connectivity index (χ2n) is 9.37. The quantitative estimate of drug-likeness (QED) is 0.297. The fraction of sp³-hybridized carbons (Fsp3) is 0.276. The molecule has 5 rings (SSSR count). The molecule has 1 aliphatic rings. The molecule has 0 aliphatic carbocycles. The van der Waals surface area contributed by atoms with E-state index in [2.05, 4.69) is 34.4 Å². The molecule has 36 heavy (non-hydrogen) atoms. The van der Waals surface area contributed by atoms with Crippen LogP contribution >= 0.6 is 11.6 Å². The van der Waals surface area contributed by atoms with Crippen molar-refractivity contribution in [1.29, 1.82) is 0 Å². The van der Waals surface area contributed by atoms with Crippen LogP contribution in [0.2, 0.25) is 5.02 Å². The predicted molar refractivity (Wildman–Crippen MR) is 142 cm³/mol. The van der Waals surface area contributed by atoms with Gasteiger partial charge in [0.1, 0.15) is 17.5 Å². The number of rotatable bonds is 8. The van der Waals surface area contributed by atoms with E-state index in [1.807, 2.05) is 60.7 Å². The fourth-order valence-corrected chi connectivity index (χ4v) is 4.65. The number of nitrogens with zero attached hydrogens (tertiary/aromatic N) is 4. The van der Waals surface area contributed by atoms with Gasteiger partial charge in [-0.1, -0.05) is 65.3 Å². The first-order valence-corrected chi connectivity index (χ1v) is 12.6. The molecule has 4 aromatic rings. The summed E-state index contributed by atoms with van der Waals surface area (Å²) in [4.78, 5) is 15.1. The van der Waals surface area contributed by atoms with Crippen molar-refractivity contribution in [2.75, 3.05) is 20.1 Å². The molecule has 0 bridgehead atoms. The van der Waals surface area contributed by atoms with Crippen molar-refractivity contribution in [2.45, 2.75) is 31.9 Å². The molecular formula is C29H29ClN4O2. The number of ether oxygens (including phenoxy) is 1. The van der Waals surface area contributed by atoms with Crippen LogP contribution in [0.3, 0.4) is 0 Å². The summed E-state index contributed by atoms with van der Waals surface area (Å²) in [5, 5.41) is 8.83. The molecule has 1 aromatic heterocycles. The predicted octanol–water partition coefficient (Wildman–Crippen LogP) is 5.55. The summed E-state index contributed by atoms with van der Waals surface area (Å²) in [6.45, 7) is 2.68. The van der Waals surface area contributed by atoms with Gasteiger partial charge in [-0.25, -0.2) is 4.68 Å². The number of carbonyl (C=O) groups excluding carboxylic acids is 1. The Morgan fingerprint density at radius 2 is 1.67 bits per heavy atom. The number of ketones is 1. The van der Waals surface area contributed by atoms with E-state index >= 15 is 0 Å². The molecule has 0 unspecified atom stereocenters. The summed E-state index contributed by atoms with van der Waals surface area (Å²) in [7, 11) is 2.15. The Balaban J connectivity index is 1.16. The molecule has 1 saturated heterocycles. The first kappa shape index (κ1) is 24.2. The highest BCUT2D eigenvalue weighted by atomic mass is 35.5. The van der Waals surface area contributed by atoms with Crippen LogP contribution < -0.4 is 4.74 Å². The summed E-state index contributed by atoms with van der Waals surface area (Å²) in [6.07, 6.45) is 4.39. The number of halogens is 1. The minimum absolute atomic E-state index is 0.0597. The number of aromatic nitrogens is 3. The van der Waals surface area contributed by atoms with Gasteiger partial charge in [0.05, 0.1) is 12.7 Å². The summed E-state index contributed by atoms with van der Waals surface area (Å²) >= 11 is 6.05. The van der Waals surface area contributed by atoms with Gasteiger partial charge in [0.15, 0.2) is 5.78 Å². The van der Waals surface area contributed by atoms with E-state index in [9.17, 15) is 4.79 Å². The van der Waals surface area contributed by atoms with Gasteiger partial charge in [0.25, 0.3) is 0 Å². The molecule has 6 nitrogen and oxygen atoms in total. The largest absolute Gasteiger partial charge is 0.490 e. The maximum Gasteiger partial charge on any atom is 0.189 e. The number of hydrogen-bond acceptors (Lipinski definition) is 5. The molecule has 2 heterocycles. The summed E-state index contributed by atoms with van der Waals surface area (Å²) < 4.78 is 7.81. The normalized spacial score (nSPS) is 14.6. The molecule has 1 fully saturated rings. The van der Waals surface area contributed by atoms with Gasteiger partial charge in [0, 0.05) is 24.5 Å². The highest BCUT2D eigenvalue weighted by molar-refractivity contribution is 6.30. The van der Waals surface area contributed by atoms with Crippen LogP contribution in [-0.4, -0.2) is 51.9 Å². The maximum absolute atomic E-state index is 12.8. The second-order valence-corrected chi connectivity index (χ2v) is 9.81. The third kappa shape index (κ3) is 6.20. The lowest BCUT2D eigenvalue weighted by atomic mass is 10.0. The maximum atomic E-state index is 12.8. The standard InChI is InChI=1S/C29H29ClN4O2/c1-33-15-13-27(14-16-33)36-26-11-9-24(10-12-26)23-7-5-21(6-8-23)18-29(35)28-20-34(32-31-28)19-22-3-2-4-25(30)17-22/h2-12,17,20,27H,13-16,18-19H2,1H3. The first-order chi connectivity index (χ1) is 17.5. The lowest BCUT2D eigenvalue weighted by molar-refractivity contribution is 0.0988. The molecule has 184 valence electrons. The van der Waals surface area contributed by atoms with Gasteiger partial charge >= 0.3 is 0 Å². The third-order valence-electron chi connectivity index (χ3n) is 6.53. The van der Waals surface area contributed by atoms with Crippen LogP contribution in [0, 0.1) is 0 Å². The van der Waals surface area contributed by atoms with E-state index in [0.717, 1.165) is 53.9 Å². The summed E-state index contributed by atoms with van der Waals surface area (Å²) in [6, 6.07) is 23.9. The molecule has 3 aromatic carbocycles. The lowest BCUT2D eigenvalue weighted by Crippen LogP contribution is -2.35. The minimum Gasteiger partial charge on any atom is -0.490 e. The molecule has 7 heteroatoms. The third-order valence-corrected chi connectivity index (χ3v) is 6.77. The van der Waals surface area contributed by atoms with Crippen molar-refractivity contribution in [3.05, 3.63) is 101 Å². The van der Waals surface area contributed by atoms with E-state index < -0.39 is 0 Å². The number of likely N-dealkylation sites (tertiary alicyclic amines) is 1. The van der Waals surface area contributed by atoms with Crippen molar-refractivity contribution in [3.8, 4) is 16.9 Å². The topological polar surface area (TPSA) is 60.2 Å². The summed E-state index contributed by atoms with van der Waals surface area (Å²) in [5.41, 5.74) is 4.53. The van der Waals surface area contributed by atoms with E-state index in [-0.39, 0.29) is 12.2 Å². The SMILES string of the molecule is CN1CCC(Oc2ccc(-c3ccc(CC(=O)c4cn(Cc5cccc(Cl)c5)nn4)cc3)cc2)CC1. The van der Waals surface area contributed by atoms with Gasteiger partial charge in [-0.15, -0.1) is 5.10 Å². The van der Waals surface area contributed by atoms with Gasteiger partial charge in [0.2, 0.25) is 0 Å². The average Bonchev–Trinajstić information content (AvgIpc) is 3.35. The molecular weight excluding hydrogens is 472 g/mol. The van der Waals surface area contributed by atoms with Gasteiger partial charge in [-0.05, 0) is 66.4 Å². The Labute approximate surface area is 216 Å². The van der Waals surface area contributed by atoms with Crippen molar-refractivity contribution in [1.82, 2.24) is 19.9 Å². The Morgan fingerprint density at radius 1 is 0.972 bits per heavy atom. The zero-order valence-corrected chi connectivity index (χ0v) is 21.1. The number of hydrogen-bond donors (Lipinski definition) is 0. The molecule has 1 aliphatic heterocycles. The van der Waals surface area contributed by atoms with Gasteiger partial charge in [-0.2, -0.15) is 0 Å². The zero-order chi connectivity index (χ0) is 24.9. The Morgan fingerprint density at radius 3 is 2.36 bits per heavy atom. The van der Waals surface area contributed by atoms with Crippen LogP contribution in [0.1, 0.15) is 34.5 Å². The smallest absolute Gasteiger partial charge is 0.189 e. The lowest BCUT2D eigenvalue weighted by Gasteiger charge is -2.29. The average molecular weight is 501 g/mol. The number of Topliss-reactive ketones (excluding diaryl/α,β-unsaturated/α-hetero) is 1. The summed E-state index contributed by atoms with van der Waals surface area (Å²) in [5.74, 6) is 0.856. The second kappa shape index (κ2) is 11.1. The minimum atomic E-state index is -0.0597.